The second-order valence-corrected chi connectivity index (χ2v) is 6.07. The first-order valence-corrected chi connectivity index (χ1v) is 8.08. The summed E-state index contributed by atoms with van der Waals surface area (Å²) in [6.45, 7) is 8.03. The molecule has 1 atom stereocenters. The average Bonchev–Trinajstić information content (AvgIpc) is 2.99. The zero-order chi connectivity index (χ0) is 17.3. The number of aromatic nitrogens is 4. The van der Waals surface area contributed by atoms with Crippen molar-refractivity contribution in [1.29, 1.82) is 0 Å². The molecular weight excluding hydrogens is 302 g/mol. The summed E-state index contributed by atoms with van der Waals surface area (Å²) in [5, 5.41) is 8.02. The van der Waals surface area contributed by atoms with Gasteiger partial charge >= 0.3 is 0 Å². The Labute approximate surface area is 140 Å². The highest BCUT2D eigenvalue weighted by Crippen LogP contribution is 2.23. The minimum absolute atomic E-state index is 0.203. The molecule has 3 aromatic heterocycles. The zero-order valence-electron chi connectivity index (χ0n) is 14.4. The van der Waals surface area contributed by atoms with E-state index in [0.29, 0.717) is 11.4 Å². The standard InChI is InChI=1S/C18H21N5O/c1-5-13(4)23-17-15(10-20-23)14(8-12(3)21-17)18(24)22-16-7-6-11(2)9-19-16/h6-10,13H,5H2,1-4H3,(H,19,22,24). The van der Waals surface area contributed by atoms with Gasteiger partial charge in [-0.2, -0.15) is 5.10 Å². The molecule has 3 rings (SSSR count). The van der Waals surface area contributed by atoms with E-state index in [0.717, 1.165) is 28.7 Å². The topological polar surface area (TPSA) is 72.7 Å². The lowest BCUT2D eigenvalue weighted by molar-refractivity contribution is 0.102. The van der Waals surface area contributed by atoms with Crippen LogP contribution in [-0.4, -0.2) is 25.7 Å². The quantitative estimate of drug-likeness (QED) is 0.795. The lowest BCUT2D eigenvalue weighted by Crippen LogP contribution is -2.14. The van der Waals surface area contributed by atoms with Crippen LogP contribution in [0.1, 0.15) is 47.9 Å². The van der Waals surface area contributed by atoms with E-state index in [1.165, 1.54) is 0 Å². The summed E-state index contributed by atoms with van der Waals surface area (Å²) in [7, 11) is 0. The van der Waals surface area contributed by atoms with Crippen molar-refractivity contribution in [2.45, 2.75) is 40.2 Å². The number of carbonyl (C=O) groups excluding carboxylic acids is 1. The molecule has 24 heavy (non-hydrogen) atoms. The third-order valence-corrected chi connectivity index (χ3v) is 4.10. The Bertz CT molecular complexity index is 882. The summed E-state index contributed by atoms with van der Waals surface area (Å²) >= 11 is 0. The fourth-order valence-corrected chi connectivity index (χ4v) is 2.55. The van der Waals surface area contributed by atoms with Gasteiger partial charge in [0, 0.05) is 11.9 Å². The highest BCUT2D eigenvalue weighted by molar-refractivity contribution is 6.11. The van der Waals surface area contributed by atoms with E-state index >= 15 is 0 Å². The Morgan fingerprint density at radius 1 is 1.29 bits per heavy atom. The summed E-state index contributed by atoms with van der Waals surface area (Å²) in [4.78, 5) is 21.5. The Balaban J connectivity index is 2.00. The molecule has 1 unspecified atom stereocenters. The van der Waals surface area contributed by atoms with Gasteiger partial charge in [0.05, 0.1) is 23.2 Å². The van der Waals surface area contributed by atoms with E-state index in [9.17, 15) is 4.79 Å². The fourth-order valence-electron chi connectivity index (χ4n) is 2.55. The number of anilines is 1. The van der Waals surface area contributed by atoms with Crippen molar-refractivity contribution < 1.29 is 4.79 Å². The number of nitrogens with zero attached hydrogens (tertiary/aromatic N) is 4. The summed E-state index contributed by atoms with van der Waals surface area (Å²) in [5.74, 6) is 0.327. The molecule has 0 aliphatic carbocycles. The number of amides is 1. The molecule has 6 nitrogen and oxygen atoms in total. The maximum absolute atomic E-state index is 12.7. The summed E-state index contributed by atoms with van der Waals surface area (Å²) in [5.41, 5.74) is 3.14. The maximum atomic E-state index is 12.7. The first-order chi connectivity index (χ1) is 11.5. The lowest BCUT2D eigenvalue weighted by atomic mass is 10.1. The highest BCUT2D eigenvalue weighted by Gasteiger charge is 2.18. The number of hydrogen-bond acceptors (Lipinski definition) is 4. The van der Waals surface area contributed by atoms with Crippen LogP contribution in [0.5, 0.6) is 0 Å². The molecule has 0 aliphatic heterocycles. The molecule has 0 aliphatic rings. The Kier molecular flexibility index (Phi) is 4.29. The highest BCUT2D eigenvalue weighted by atomic mass is 16.1. The SMILES string of the molecule is CCC(C)n1ncc2c(C(=O)Nc3ccc(C)cn3)cc(C)nc21. The molecule has 3 heterocycles. The predicted octanol–water partition coefficient (Wildman–Crippen LogP) is 3.67. The minimum atomic E-state index is -0.203. The molecular formula is C18H21N5O. The van der Waals surface area contributed by atoms with Crippen LogP contribution in [-0.2, 0) is 0 Å². The average molecular weight is 323 g/mol. The van der Waals surface area contributed by atoms with Gasteiger partial charge in [-0.15, -0.1) is 0 Å². The van der Waals surface area contributed by atoms with Gasteiger partial charge in [-0.1, -0.05) is 13.0 Å². The van der Waals surface area contributed by atoms with E-state index in [4.69, 9.17) is 0 Å². The third kappa shape index (κ3) is 2.99. The molecule has 0 fully saturated rings. The predicted molar refractivity (Wildman–Crippen MR) is 94.2 cm³/mol. The number of nitrogens with one attached hydrogen (secondary N) is 1. The van der Waals surface area contributed by atoms with E-state index in [-0.39, 0.29) is 11.9 Å². The number of carbonyl (C=O) groups is 1. The van der Waals surface area contributed by atoms with Gasteiger partial charge in [0.15, 0.2) is 5.65 Å². The van der Waals surface area contributed by atoms with Crippen LogP contribution in [0.25, 0.3) is 11.0 Å². The molecule has 0 spiro atoms. The number of aryl methyl sites for hydroxylation is 2. The summed E-state index contributed by atoms with van der Waals surface area (Å²) in [6.07, 6.45) is 4.39. The zero-order valence-corrected chi connectivity index (χ0v) is 14.4. The van der Waals surface area contributed by atoms with Crippen molar-refractivity contribution >= 4 is 22.8 Å². The molecule has 124 valence electrons. The van der Waals surface area contributed by atoms with Crippen LogP contribution in [0.2, 0.25) is 0 Å². The van der Waals surface area contributed by atoms with Gasteiger partial charge < -0.3 is 5.32 Å². The van der Waals surface area contributed by atoms with Gasteiger partial charge in [0.1, 0.15) is 5.82 Å². The first-order valence-electron chi connectivity index (χ1n) is 8.08. The smallest absolute Gasteiger partial charge is 0.257 e. The Morgan fingerprint density at radius 3 is 2.75 bits per heavy atom. The van der Waals surface area contributed by atoms with Crippen molar-refractivity contribution in [3.8, 4) is 0 Å². The number of rotatable bonds is 4. The van der Waals surface area contributed by atoms with Crippen LogP contribution in [0, 0.1) is 13.8 Å². The van der Waals surface area contributed by atoms with Crippen LogP contribution in [0.3, 0.4) is 0 Å². The van der Waals surface area contributed by atoms with Gasteiger partial charge in [-0.25, -0.2) is 14.6 Å². The van der Waals surface area contributed by atoms with Crippen LogP contribution in [0.15, 0.2) is 30.6 Å². The van der Waals surface area contributed by atoms with Crippen molar-refractivity contribution in [3.05, 3.63) is 47.4 Å². The molecule has 0 saturated heterocycles. The molecule has 0 bridgehead atoms. The molecule has 0 aromatic carbocycles. The first kappa shape index (κ1) is 16.1. The van der Waals surface area contributed by atoms with Crippen LogP contribution < -0.4 is 5.32 Å². The van der Waals surface area contributed by atoms with Gasteiger partial charge in [0.2, 0.25) is 0 Å². The van der Waals surface area contributed by atoms with E-state index < -0.39 is 0 Å². The molecule has 1 amide bonds. The van der Waals surface area contributed by atoms with Crippen LogP contribution >= 0.6 is 0 Å². The Morgan fingerprint density at radius 2 is 2.08 bits per heavy atom. The van der Waals surface area contributed by atoms with Crippen molar-refractivity contribution in [2.75, 3.05) is 5.32 Å². The normalized spacial score (nSPS) is 12.3. The van der Waals surface area contributed by atoms with Gasteiger partial charge in [0.25, 0.3) is 5.91 Å². The largest absolute Gasteiger partial charge is 0.307 e. The molecule has 0 saturated carbocycles. The third-order valence-electron chi connectivity index (χ3n) is 4.10. The summed E-state index contributed by atoms with van der Waals surface area (Å²) in [6, 6.07) is 5.72. The summed E-state index contributed by atoms with van der Waals surface area (Å²) < 4.78 is 1.88. The van der Waals surface area contributed by atoms with E-state index in [2.05, 4.69) is 34.2 Å². The number of pyridine rings is 2. The van der Waals surface area contributed by atoms with Crippen molar-refractivity contribution in [2.24, 2.45) is 0 Å². The van der Waals surface area contributed by atoms with Crippen molar-refractivity contribution in [1.82, 2.24) is 19.7 Å². The van der Waals surface area contributed by atoms with Gasteiger partial charge in [-0.3, -0.25) is 4.79 Å². The number of hydrogen-bond donors (Lipinski definition) is 1. The molecule has 1 N–H and O–H groups in total. The van der Waals surface area contributed by atoms with E-state index in [1.54, 1.807) is 24.5 Å². The van der Waals surface area contributed by atoms with Gasteiger partial charge in [-0.05, 0) is 44.9 Å². The maximum Gasteiger partial charge on any atom is 0.257 e. The number of fused-ring (bicyclic) bond motifs is 1. The monoisotopic (exact) mass is 323 g/mol. The van der Waals surface area contributed by atoms with Crippen molar-refractivity contribution in [3.63, 3.8) is 0 Å². The second kappa shape index (κ2) is 6.39. The van der Waals surface area contributed by atoms with Crippen LogP contribution in [0.4, 0.5) is 5.82 Å². The Hall–Kier alpha value is -2.76. The minimum Gasteiger partial charge on any atom is -0.307 e. The second-order valence-electron chi connectivity index (χ2n) is 6.07. The molecule has 0 radical (unpaired) electrons. The van der Waals surface area contributed by atoms with E-state index in [1.807, 2.05) is 24.6 Å². The molecule has 3 aromatic rings. The fraction of sp³-hybridized carbons (Fsp3) is 0.333. The molecule has 6 heteroatoms. The lowest BCUT2D eigenvalue weighted by Gasteiger charge is -2.11.